The van der Waals surface area contributed by atoms with Crippen LogP contribution >= 0.6 is 11.6 Å². The topological polar surface area (TPSA) is 86.3 Å². The molecule has 0 saturated heterocycles. The van der Waals surface area contributed by atoms with Crippen LogP contribution < -0.4 is 5.32 Å². The van der Waals surface area contributed by atoms with Crippen LogP contribution in [0.1, 0.15) is 0 Å². The van der Waals surface area contributed by atoms with Crippen LogP contribution in [0.4, 0.5) is 10.5 Å². The molecule has 1 N–H and O–H groups in total. The molecule has 134 valence electrons. The number of urea groups is 1. The Morgan fingerprint density at radius 3 is 2.80 bits per heavy atom. The van der Waals surface area contributed by atoms with E-state index in [1.54, 1.807) is 24.3 Å². The maximum atomic E-state index is 12.5. The van der Waals surface area contributed by atoms with Crippen LogP contribution in [-0.2, 0) is 23.7 Å². The Bertz CT molecular complexity index is 676. The minimum absolute atomic E-state index is 0.154. The first-order chi connectivity index (χ1) is 12.1. The summed E-state index contributed by atoms with van der Waals surface area (Å²) in [5, 5.41) is 3.02. The van der Waals surface area contributed by atoms with Crippen LogP contribution in [0.5, 0.6) is 0 Å². The van der Waals surface area contributed by atoms with Gasteiger partial charge in [0.25, 0.3) is 0 Å². The standard InChI is InChI=1S/C16H17ClN2O6/c1-22-5-6-24-11-19(15(20)14-10-23-7-8-25-14)16(21)18-13-4-2-3-12(17)9-13/h2-4,7-10H,5-6,11H2,1H3,(H,18,21). The number of halogens is 1. The number of anilines is 1. The molecule has 0 fully saturated rings. The SMILES string of the molecule is COCCOCN(C(=O)Nc1cccc(Cl)c1)C(=O)C1=COC=CO1. The van der Waals surface area contributed by atoms with Gasteiger partial charge in [0, 0.05) is 17.8 Å². The molecule has 0 spiro atoms. The minimum Gasteiger partial charge on any atom is -0.465 e. The van der Waals surface area contributed by atoms with Crippen LogP contribution in [0.2, 0.25) is 5.02 Å². The molecule has 0 atom stereocenters. The van der Waals surface area contributed by atoms with E-state index in [-0.39, 0.29) is 19.1 Å². The van der Waals surface area contributed by atoms with E-state index in [0.717, 1.165) is 11.2 Å². The molecule has 0 aliphatic carbocycles. The van der Waals surface area contributed by atoms with E-state index in [1.165, 1.54) is 19.6 Å². The maximum absolute atomic E-state index is 12.5. The molecular weight excluding hydrogens is 352 g/mol. The number of methoxy groups -OCH3 is 1. The maximum Gasteiger partial charge on any atom is 0.330 e. The van der Waals surface area contributed by atoms with Gasteiger partial charge in [-0.25, -0.2) is 9.69 Å². The molecular formula is C16H17ClN2O6. The zero-order valence-electron chi connectivity index (χ0n) is 13.4. The number of imide groups is 1. The third-order valence-electron chi connectivity index (χ3n) is 2.93. The lowest BCUT2D eigenvalue weighted by atomic mass is 10.3. The molecule has 25 heavy (non-hydrogen) atoms. The predicted octanol–water partition coefficient (Wildman–Crippen LogP) is 2.68. The highest BCUT2D eigenvalue weighted by molar-refractivity contribution is 6.30. The van der Waals surface area contributed by atoms with Crippen molar-refractivity contribution in [1.29, 1.82) is 0 Å². The smallest absolute Gasteiger partial charge is 0.330 e. The van der Waals surface area contributed by atoms with E-state index in [0.29, 0.717) is 17.3 Å². The molecule has 1 heterocycles. The molecule has 0 saturated carbocycles. The summed E-state index contributed by atoms with van der Waals surface area (Å²) in [6.07, 6.45) is 3.53. The highest BCUT2D eigenvalue weighted by atomic mass is 35.5. The molecule has 0 aromatic heterocycles. The lowest BCUT2D eigenvalue weighted by Gasteiger charge is -2.22. The number of hydrogen-bond acceptors (Lipinski definition) is 6. The molecule has 1 aromatic rings. The Morgan fingerprint density at radius 2 is 2.12 bits per heavy atom. The van der Waals surface area contributed by atoms with E-state index in [2.05, 4.69) is 5.32 Å². The predicted molar refractivity (Wildman–Crippen MR) is 89.4 cm³/mol. The number of nitrogens with one attached hydrogen (secondary N) is 1. The van der Waals surface area contributed by atoms with Crippen molar-refractivity contribution in [2.24, 2.45) is 0 Å². The van der Waals surface area contributed by atoms with Gasteiger partial charge in [-0.2, -0.15) is 0 Å². The number of nitrogens with zero attached hydrogens (tertiary/aromatic N) is 1. The summed E-state index contributed by atoms with van der Waals surface area (Å²) in [6.45, 7) is 0.239. The van der Waals surface area contributed by atoms with Crippen LogP contribution in [0.25, 0.3) is 0 Å². The number of amides is 3. The lowest BCUT2D eigenvalue weighted by Crippen LogP contribution is -2.42. The van der Waals surface area contributed by atoms with Crippen molar-refractivity contribution < 1.29 is 28.5 Å². The summed E-state index contributed by atoms with van der Waals surface area (Å²) in [4.78, 5) is 25.8. The van der Waals surface area contributed by atoms with E-state index in [9.17, 15) is 9.59 Å². The minimum atomic E-state index is -0.721. The van der Waals surface area contributed by atoms with E-state index >= 15 is 0 Å². The monoisotopic (exact) mass is 368 g/mol. The molecule has 9 heteroatoms. The number of ether oxygens (including phenoxy) is 4. The zero-order valence-corrected chi connectivity index (χ0v) is 14.2. The Kier molecular flexibility index (Phi) is 7.27. The highest BCUT2D eigenvalue weighted by Crippen LogP contribution is 2.16. The average molecular weight is 369 g/mol. The second kappa shape index (κ2) is 9.67. The number of carbonyl (C=O) groups excluding carboxylic acids is 2. The Labute approximate surface area is 149 Å². The van der Waals surface area contributed by atoms with Crippen LogP contribution in [0.15, 0.2) is 48.8 Å². The molecule has 0 bridgehead atoms. The van der Waals surface area contributed by atoms with Crippen LogP contribution in [0.3, 0.4) is 0 Å². The van der Waals surface area contributed by atoms with Crippen LogP contribution in [0, 0.1) is 0 Å². The first-order valence-electron chi connectivity index (χ1n) is 7.24. The van der Waals surface area contributed by atoms with Crippen molar-refractivity contribution in [1.82, 2.24) is 4.90 Å². The number of benzene rings is 1. The largest absolute Gasteiger partial charge is 0.465 e. The summed E-state index contributed by atoms with van der Waals surface area (Å²) in [6, 6.07) is 5.82. The number of rotatable bonds is 7. The van der Waals surface area contributed by atoms with E-state index < -0.39 is 11.9 Å². The van der Waals surface area contributed by atoms with Gasteiger partial charge in [-0.3, -0.25) is 4.79 Å². The van der Waals surface area contributed by atoms with Gasteiger partial charge in [-0.15, -0.1) is 0 Å². The van der Waals surface area contributed by atoms with E-state index in [4.69, 9.17) is 30.5 Å². The Morgan fingerprint density at radius 1 is 1.28 bits per heavy atom. The Balaban J connectivity index is 2.07. The lowest BCUT2D eigenvalue weighted by molar-refractivity contribution is -0.131. The average Bonchev–Trinajstić information content (AvgIpc) is 2.62. The normalized spacial score (nSPS) is 12.6. The summed E-state index contributed by atoms with van der Waals surface area (Å²) >= 11 is 5.89. The van der Waals surface area contributed by atoms with Gasteiger partial charge in [-0.1, -0.05) is 17.7 Å². The quantitative estimate of drug-likeness (QED) is 0.588. The summed E-state index contributed by atoms with van der Waals surface area (Å²) in [5.41, 5.74) is 0.432. The molecule has 0 radical (unpaired) electrons. The van der Waals surface area contributed by atoms with Gasteiger partial charge in [0.05, 0.1) is 13.2 Å². The van der Waals surface area contributed by atoms with Crippen molar-refractivity contribution in [2.75, 3.05) is 32.4 Å². The van der Waals surface area contributed by atoms with Gasteiger partial charge >= 0.3 is 11.9 Å². The van der Waals surface area contributed by atoms with Crippen molar-refractivity contribution >= 4 is 29.2 Å². The summed E-state index contributed by atoms with van der Waals surface area (Å²) in [5.74, 6) is -0.875. The van der Waals surface area contributed by atoms with Gasteiger partial charge in [0.1, 0.15) is 25.5 Å². The second-order valence-corrected chi connectivity index (χ2v) is 5.15. The molecule has 0 unspecified atom stereocenters. The van der Waals surface area contributed by atoms with Gasteiger partial charge in [0.15, 0.2) is 0 Å². The van der Waals surface area contributed by atoms with Gasteiger partial charge in [-0.05, 0) is 18.2 Å². The summed E-state index contributed by atoms with van der Waals surface area (Å²) in [7, 11) is 1.52. The second-order valence-electron chi connectivity index (χ2n) is 4.71. The fourth-order valence-corrected chi connectivity index (χ4v) is 1.95. The zero-order chi connectivity index (χ0) is 18.1. The molecule has 8 nitrogen and oxygen atoms in total. The van der Waals surface area contributed by atoms with Crippen molar-refractivity contribution in [2.45, 2.75) is 0 Å². The molecule has 1 aliphatic rings. The van der Waals surface area contributed by atoms with Gasteiger partial charge < -0.3 is 24.3 Å². The van der Waals surface area contributed by atoms with Crippen molar-refractivity contribution in [3.8, 4) is 0 Å². The number of carbonyl (C=O) groups is 2. The first-order valence-corrected chi connectivity index (χ1v) is 7.62. The first kappa shape index (κ1) is 18.8. The summed E-state index contributed by atoms with van der Waals surface area (Å²) < 4.78 is 20.1. The number of hydrogen-bond donors (Lipinski definition) is 1. The molecule has 2 rings (SSSR count). The van der Waals surface area contributed by atoms with E-state index in [1.807, 2.05) is 0 Å². The van der Waals surface area contributed by atoms with Crippen molar-refractivity contribution in [3.05, 3.63) is 53.8 Å². The Hall–Kier alpha value is -2.55. The van der Waals surface area contributed by atoms with Gasteiger partial charge in [0.2, 0.25) is 5.76 Å². The molecule has 1 aliphatic heterocycles. The molecule has 3 amide bonds. The highest BCUT2D eigenvalue weighted by Gasteiger charge is 2.27. The molecule has 1 aromatic carbocycles. The van der Waals surface area contributed by atoms with Crippen molar-refractivity contribution in [3.63, 3.8) is 0 Å². The third-order valence-corrected chi connectivity index (χ3v) is 3.17. The fourth-order valence-electron chi connectivity index (χ4n) is 1.76. The third kappa shape index (κ3) is 5.79. The van der Waals surface area contributed by atoms with Crippen LogP contribution in [-0.4, -0.2) is 43.9 Å². The fraction of sp³-hybridized carbons (Fsp3) is 0.250.